The zero-order valence-electron chi connectivity index (χ0n) is 15.0. The van der Waals surface area contributed by atoms with E-state index in [2.05, 4.69) is 10.3 Å². The van der Waals surface area contributed by atoms with Gasteiger partial charge in [-0.15, -0.1) is 11.8 Å². The quantitative estimate of drug-likeness (QED) is 0.753. The molecule has 2 heterocycles. The molecule has 140 valence electrons. The first-order valence-corrected chi connectivity index (χ1v) is 10.7. The van der Waals surface area contributed by atoms with E-state index in [1.54, 1.807) is 48.1 Å². The van der Waals surface area contributed by atoms with Crippen molar-refractivity contribution in [2.45, 2.75) is 25.7 Å². The maximum atomic E-state index is 12.7. The SMILES string of the molecule is CC(C)Oc1ccc(NC(=O)C2=C(SCc3ccncc3)C=CS2=O)cc1. The topological polar surface area (TPSA) is 68.3 Å². The molecule has 2 aromatic rings. The highest BCUT2D eigenvalue weighted by Gasteiger charge is 2.24. The fourth-order valence-electron chi connectivity index (χ4n) is 2.40. The summed E-state index contributed by atoms with van der Waals surface area (Å²) in [5.74, 6) is 1.06. The monoisotopic (exact) mass is 400 g/mol. The van der Waals surface area contributed by atoms with Gasteiger partial charge < -0.3 is 10.1 Å². The number of anilines is 1. The molecule has 0 spiro atoms. The molecule has 0 saturated carbocycles. The van der Waals surface area contributed by atoms with Crippen molar-refractivity contribution < 1.29 is 13.7 Å². The fourth-order valence-corrected chi connectivity index (χ4v) is 4.71. The molecule has 1 atom stereocenters. The number of allylic oxidation sites excluding steroid dienone is 1. The van der Waals surface area contributed by atoms with E-state index in [9.17, 15) is 9.00 Å². The van der Waals surface area contributed by atoms with Gasteiger partial charge in [-0.3, -0.25) is 9.78 Å². The summed E-state index contributed by atoms with van der Waals surface area (Å²) in [5, 5.41) is 4.36. The first-order chi connectivity index (χ1) is 13.0. The summed E-state index contributed by atoms with van der Waals surface area (Å²) in [6, 6.07) is 11.0. The minimum absolute atomic E-state index is 0.0857. The molecule has 0 aliphatic carbocycles. The number of hydrogen-bond acceptors (Lipinski definition) is 5. The molecular formula is C20H20N2O3S2. The number of carbonyl (C=O) groups excluding carboxylic acids is 1. The lowest BCUT2D eigenvalue weighted by Crippen LogP contribution is -2.16. The molecule has 0 radical (unpaired) electrons. The van der Waals surface area contributed by atoms with Crippen molar-refractivity contribution in [3.05, 3.63) is 75.6 Å². The van der Waals surface area contributed by atoms with Crippen LogP contribution >= 0.6 is 11.8 Å². The van der Waals surface area contributed by atoms with Gasteiger partial charge in [0.05, 0.1) is 16.9 Å². The van der Waals surface area contributed by atoms with Gasteiger partial charge in [-0.05, 0) is 61.9 Å². The van der Waals surface area contributed by atoms with Crippen molar-refractivity contribution >= 4 is 34.2 Å². The van der Waals surface area contributed by atoms with E-state index >= 15 is 0 Å². The molecule has 7 heteroatoms. The molecule has 1 unspecified atom stereocenters. The molecule has 1 N–H and O–H groups in total. The van der Waals surface area contributed by atoms with Gasteiger partial charge in [0, 0.05) is 34.1 Å². The van der Waals surface area contributed by atoms with E-state index in [1.807, 2.05) is 26.0 Å². The number of hydrogen-bond donors (Lipinski definition) is 1. The van der Waals surface area contributed by atoms with Crippen LogP contribution in [0.5, 0.6) is 5.75 Å². The van der Waals surface area contributed by atoms with Gasteiger partial charge in [0.15, 0.2) is 0 Å². The molecule has 1 aromatic carbocycles. The number of ether oxygens (including phenoxy) is 1. The first kappa shape index (κ1) is 19.4. The number of thioether (sulfide) groups is 1. The van der Waals surface area contributed by atoms with Crippen molar-refractivity contribution in [2.24, 2.45) is 0 Å². The molecule has 1 aromatic heterocycles. The fraction of sp³-hybridized carbons (Fsp3) is 0.200. The van der Waals surface area contributed by atoms with Gasteiger partial charge in [-0.1, -0.05) is 0 Å². The van der Waals surface area contributed by atoms with Crippen LogP contribution in [0.25, 0.3) is 0 Å². The molecule has 1 aliphatic rings. The maximum Gasteiger partial charge on any atom is 0.266 e. The summed E-state index contributed by atoms with van der Waals surface area (Å²) in [4.78, 5) is 17.7. The predicted octanol–water partition coefficient (Wildman–Crippen LogP) is 4.23. The zero-order valence-corrected chi connectivity index (χ0v) is 16.7. The standard InChI is InChI=1S/C20H20N2O3S2/c1-14(2)25-17-5-3-16(4-6-17)22-20(23)19-18(9-12-27(19)24)26-13-15-7-10-21-11-8-15/h3-12,14H,13H2,1-2H3,(H,22,23). The third kappa shape index (κ3) is 5.30. The smallest absolute Gasteiger partial charge is 0.266 e. The highest BCUT2D eigenvalue weighted by molar-refractivity contribution is 8.04. The van der Waals surface area contributed by atoms with E-state index < -0.39 is 10.8 Å². The molecule has 27 heavy (non-hydrogen) atoms. The number of nitrogens with one attached hydrogen (secondary N) is 1. The number of nitrogens with zero attached hydrogens (tertiary/aromatic N) is 1. The highest BCUT2D eigenvalue weighted by Crippen LogP contribution is 2.32. The molecule has 3 rings (SSSR count). The van der Waals surface area contributed by atoms with E-state index in [1.165, 1.54) is 11.8 Å². The van der Waals surface area contributed by atoms with Crippen LogP contribution in [0.1, 0.15) is 19.4 Å². The van der Waals surface area contributed by atoms with Crippen molar-refractivity contribution in [2.75, 3.05) is 5.32 Å². The normalized spacial score (nSPS) is 16.0. The molecule has 0 saturated heterocycles. The predicted molar refractivity (Wildman–Crippen MR) is 111 cm³/mol. The molecule has 0 fully saturated rings. The lowest BCUT2D eigenvalue weighted by Gasteiger charge is -2.11. The molecule has 1 amide bonds. The Balaban J connectivity index is 1.68. The number of benzene rings is 1. The lowest BCUT2D eigenvalue weighted by molar-refractivity contribution is -0.112. The molecule has 0 bridgehead atoms. The van der Waals surface area contributed by atoms with Crippen LogP contribution in [-0.2, 0) is 21.3 Å². The van der Waals surface area contributed by atoms with Gasteiger partial charge >= 0.3 is 0 Å². The second kappa shape index (κ2) is 9.01. The van der Waals surface area contributed by atoms with Crippen molar-refractivity contribution in [1.29, 1.82) is 0 Å². The Morgan fingerprint density at radius 1 is 1.19 bits per heavy atom. The summed E-state index contributed by atoms with van der Waals surface area (Å²) < 4.78 is 17.9. The number of aromatic nitrogens is 1. The van der Waals surface area contributed by atoms with Gasteiger partial charge in [-0.25, -0.2) is 4.21 Å². The summed E-state index contributed by atoms with van der Waals surface area (Å²) in [7, 11) is -1.44. The summed E-state index contributed by atoms with van der Waals surface area (Å²) in [5.41, 5.74) is 1.72. The minimum atomic E-state index is -1.44. The average Bonchev–Trinajstić information content (AvgIpc) is 3.03. The summed E-state index contributed by atoms with van der Waals surface area (Å²) >= 11 is 1.49. The van der Waals surface area contributed by atoms with E-state index in [0.717, 1.165) is 16.2 Å². The Bertz CT molecular complexity index is 891. The molecule has 1 aliphatic heterocycles. The van der Waals surface area contributed by atoms with Crippen LogP contribution in [0.2, 0.25) is 0 Å². The van der Waals surface area contributed by atoms with Crippen molar-refractivity contribution in [3.8, 4) is 5.75 Å². The van der Waals surface area contributed by atoms with E-state index in [4.69, 9.17) is 4.74 Å². The van der Waals surface area contributed by atoms with E-state index in [0.29, 0.717) is 11.4 Å². The average molecular weight is 401 g/mol. The Kier molecular flexibility index (Phi) is 6.47. The van der Waals surface area contributed by atoms with Crippen LogP contribution < -0.4 is 10.1 Å². The summed E-state index contributed by atoms with van der Waals surface area (Å²) in [6.07, 6.45) is 5.29. The number of rotatable bonds is 7. The highest BCUT2D eigenvalue weighted by atomic mass is 32.2. The Morgan fingerprint density at radius 2 is 1.89 bits per heavy atom. The van der Waals surface area contributed by atoms with Crippen LogP contribution in [0, 0.1) is 0 Å². The van der Waals surface area contributed by atoms with E-state index in [-0.39, 0.29) is 16.9 Å². The van der Waals surface area contributed by atoms with Crippen LogP contribution in [0.15, 0.2) is 70.1 Å². The lowest BCUT2D eigenvalue weighted by atomic mass is 10.3. The van der Waals surface area contributed by atoms with Crippen LogP contribution in [-0.4, -0.2) is 21.2 Å². The number of amides is 1. The minimum Gasteiger partial charge on any atom is -0.491 e. The van der Waals surface area contributed by atoms with Gasteiger partial charge in [-0.2, -0.15) is 0 Å². The number of carbonyl (C=O) groups is 1. The second-order valence-electron chi connectivity index (χ2n) is 6.08. The molecular weight excluding hydrogens is 380 g/mol. The van der Waals surface area contributed by atoms with Crippen LogP contribution in [0.3, 0.4) is 0 Å². The largest absolute Gasteiger partial charge is 0.491 e. The van der Waals surface area contributed by atoms with Gasteiger partial charge in [0.2, 0.25) is 0 Å². The van der Waals surface area contributed by atoms with Crippen molar-refractivity contribution in [1.82, 2.24) is 4.98 Å². The Morgan fingerprint density at radius 3 is 2.56 bits per heavy atom. The zero-order chi connectivity index (χ0) is 19.2. The Hall–Kier alpha value is -2.38. The second-order valence-corrected chi connectivity index (χ2v) is 8.38. The Labute approximate surface area is 165 Å². The first-order valence-electron chi connectivity index (χ1n) is 8.46. The third-order valence-electron chi connectivity index (χ3n) is 3.60. The van der Waals surface area contributed by atoms with Crippen LogP contribution in [0.4, 0.5) is 5.69 Å². The van der Waals surface area contributed by atoms with Gasteiger partial charge in [0.25, 0.3) is 5.91 Å². The summed E-state index contributed by atoms with van der Waals surface area (Å²) in [6.45, 7) is 3.91. The molecule has 5 nitrogen and oxygen atoms in total. The number of pyridine rings is 1. The maximum absolute atomic E-state index is 12.7. The third-order valence-corrected chi connectivity index (χ3v) is 6.05. The van der Waals surface area contributed by atoms with Gasteiger partial charge in [0.1, 0.15) is 10.7 Å². The van der Waals surface area contributed by atoms with Crippen molar-refractivity contribution in [3.63, 3.8) is 0 Å².